The molecule has 19 heavy (non-hydrogen) atoms. The van der Waals surface area contributed by atoms with Crippen molar-refractivity contribution in [3.63, 3.8) is 0 Å². The van der Waals surface area contributed by atoms with Crippen LogP contribution >= 0.6 is 22.6 Å². The lowest BCUT2D eigenvalue weighted by Crippen LogP contribution is -2.17. The molecule has 1 N–H and O–H groups in total. The van der Waals surface area contributed by atoms with Crippen molar-refractivity contribution in [2.45, 2.75) is 19.5 Å². The van der Waals surface area contributed by atoms with Crippen molar-refractivity contribution >= 4 is 22.6 Å². The van der Waals surface area contributed by atoms with E-state index in [4.69, 9.17) is 4.74 Å². The number of nitrogens with one attached hydrogen (secondary N) is 1. The highest BCUT2D eigenvalue weighted by Gasteiger charge is 2.04. The highest BCUT2D eigenvalue weighted by Crippen LogP contribution is 2.17. The third kappa shape index (κ3) is 4.21. The Hall–Kier alpha value is -1.07. The van der Waals surface area contributed by atoms with E-state index in [0.29, 0.717) is 6.04 Å². The summed E-state index contributed by atoms with van der Waals surface area (Å²) in [6.07, 6.45) is 0. The average molecular weight is 367 g/mol. The van der Waals surface area contributed by atoms with Crippen molar-refractivity contribution in [2.75, 3.05) is 7.11 Å². The van der Waals surface area contributed by atoms with E-state index in [2.05, 4.69) is 71.2 Å². The van der Waals surface area contributed by atoms with E-state index in [0.717, 1.165) is 12.3 Å². The van der Waals surface area contributed by atoms with Gasteiger partial charge in [-0.25, -0.2) is 0 Å². The summed E-state index contributed by atoms with van der Waals surface area (Å²) in [6.45, 7) is 3.05. The topological polar surface area (TPSA) is 21.3 Å². The Kier molecular flexibility index (Phi) is 5.22. The first-order valence-corrected chi connectivity index (χ1v) is 7.38. The average Bonchev–Trinajstić information content (AvgIpc) is 2.46. The first kappa shape index (κ1) is 14.3. The molecule has 0 unspecified atom stereocenters. The number of halogens is 1. The number of rotatable bonds is 5. The molecule has 0 radical (unpaired) electrons. The lowest BCUT2D eigenvalue weighted by atomic mass is 10.1. The minimum Gasteiger partial charge on any atom is -0.497 e. The fourth-order valence-corrected chi connectivity index (χ4v) is 2.24. The van der Waals surface area contributed by atoms with Gasteiger partial charge in [0.15, 0.2) is 0 Å². The van der Waals surface area contributed by atoms with Gasteiger partial charge in [-0.1, -0.05) is 24.3 Å². The molecule has 0 aliphatic rings. The maximum Gasteiger partial charge on any atom is 0.118 e. The number of benzene rings is 2. The van der Waals surface area contributed by atoms with Gasteiger partial charge in [-0.3, -0.25) is 0 Å². The number of hydrogen-bond donors (Lipinski definition) is 1. The largest absolute Gasteiger partial charge is 0.497 e. The number of methoxy groups -OCH3 is 1. The molecular formula is C16H18INO. The fourth-order valence-electron chi connectivity index (χ4n) is 1.88. The van der Waals surface area contributed by atoms with Crippen molar-refractivity contribution in [1.29, 1.82) is 0 Å². The van der Waals surface area contributed by atoms with Gasteiger partial charge in [0.2, 0.25) is 0 Å². The Balaban J connectivity index is 1.93. The number of ether oxygens (including phenoxy) is 1. The van der Waals surface area contributed by atoms with Crippen LogP contribution in [0.4, 0.5) is 0 Å². The van der Waals surface area contributed by atoms with Crippen LogP contribution < -0.4 is 10.1 Å². The van der Waals surface area contributed by atoms with Crippen molar-refractivity contribution in [3.8, 4) is 5.75 Å². The summed E-state index contributed by atoms with van der Waals surface area (Å²) in [6, 6.07) is 17.1. The molecule has 3 heteroatoms. The van der Waals surface area contributed by atoms with E-state index in [1.807, 2.05) is 12.1 Å². The third-order valence-corrected chi connectivity index (χ3v) is 3.86. The van der Waals surface area contributed by atoms with Gasteiger partial charge in [0.05, 0.1) is 7.11 Å². The van der Waals surface area contributed by atoms with Crippen LogP contribution in [0.5, 0.6) is 5.75 Å². The van der Waals surface area contributed by atoms with Gasteiger partial charge in [0.1, 0.15) is 5.75 Å². The van der Waals surface area contributed by atoms with Crippen molar-refractivity contribution < 1.29 is 4.74 Å². The molecule has 0 aliphatic heterocycles. The zero-order valence-corrected chi connectivity index (χ0v) is 13.3. The smallest absolute Gasteiger partial charge is 0.118 e. The van der Waals surface area contributed by atoms with Crippen LogP contribution in [0.1, 0.15) is 24.1 Å². The summed E-state index contributed by atoms with van der Waals surface area (Å²) in [7, 11) is 1.69. The van der Waals surface area contributed by atoms with E-state index >= 15 is 0 Å². The zero-order chi connectivity index (χ0) is 13.7. The second-order valence-corrected chi connectivity index (χ2v) is 5.75. The molecule has 0 fully saturated rings. The van der Waals surface area contributed by atoms with E-state index in [1.54, 1.807) is 7.11 Å². The van der Waals surface area contributed by atoms with E-state index in [9.17, 15) is 0 Å². The lowest BCUT2D eigenvalue weighted by Gasteiger charge is -2.14. The molecule has 0 bridgehead atoms. The van der Waals surface area contributed by atoms with Crippen LogP contribution in [0.3, 0.4) is 0 Å². The van der Waals surface area contributed by atoms with Gasteiger partial charge in [0.25, 0.3) is 0 Å². The van der Waals surface area contributed by atoms with Gasteiger partial charge < -0.3 is 10.1 Å². The molecular weight excluding hydrogens is 349 g/mol. The second kappa shape index (κ2) is 6.91. The fraction of sp³-hybridized carbons (Fsp3) is 0.250. The standard InChI is InChI=1S/C16H18INO/c1-12(14-5-9-16(19-2)10-6-14)18-11-13-3-7-15(17)8-4-13/h3-10,12,18H,11H2,1-2H3/t12-/m1/s1. The molecule has 0 aliphatic carbocycles. The van der Waals surface area contributed by atoms with E-state index in [1.165, 1.54) is 14.7 Å². The summed E-state index contributed by atoms with van der Waals surface area (Å²) in [5.74, 6) is 0.897. The van der Waals surface area contributed by atoms with Gasteiger partial charge in [-0.2, -0.15) is 0 Å². The maximum atomic E-state index is 5.17. The lowest BCUT2D eigenvalue weighted by molar-refractivity contribution is 0.414. The Bertz CT molecular complexity index is 507. The molecule has 0 saturated carbocycles. The number of hydrogen-bond acceptors (Lipinski definition) is 2. The molecule has 100 valence electrons. The van der Waals surface area contributed by atoms with Crippen molar-refractivity contribution in [1.82, 2.24) is 5.32 Å². The van der Waals surface area contributed by atoms with Crippen LogP contribution in [0.15, 0.2) is 48.5 Å². The van der Waals surface area contributed by atoms with Crippen LogP contribution in [0.25, 0.3) is 0 Å². The predicted octanol–water partition coefficient (Wildman–Crippen LogP) is 4.15. The summed E-state index contributed by atoms with van der Waals surface area (Å²) in [5.41, 5.74) is 2.58. The van der Waals surface area contributed by atoms with Crippen LogP contribution in [-0.4, -0.2) is 7.11 Å². The monoisotopic (exact) mass is 367 g/mol. The Morgan fingerprint density at radius 1 is 1.05 bits per heavy atom. The molecule has 2 nitrogen and oxygen atoms in total. The van der Waals surface area contributed by atoms with E-state index in [-0.39, 0.29) is 0 Å². The van der Waals surface area contributed by atoms with Gasteiger partial charge in [0, 0.05) is 16.2 Å². The minimum absolute atomic E-state index is 0.324. The summed E-state index contributed by atoms with van der Waals surface area (Å²) >= 11 is 2.32. The first-order valence-electron chi connectivity index (χ1n) is 6.31. The van der Waals surface area contributed by atoms with Gasteiger partial charge in [-0.15, -0.1) is 0 Å². The van der Waals surface area contributed by atoms with Crippen LogP contribution in [0, 0.1) is 3.57 Å². The van der Waals surface area contributed by atoms with Crippen molar-refractivity contribution in [2.24, 2.45) is 0 Å². The highest BCUT2D eigenvalue weighted by molar-refractivity contribution is 14.1. The molecule has 0 heterocycles. The molecule has 0 aromatic heterocycles. The van der Waals surface area contributed by atoms with E-state index < -0.39 is 0 Å². The SMILES string of the molecule is COc1ccc([C@@H](C)NCc2ccc(I)cc2)cc1. The molecule has 0 amide bonds. The normalized spacial score (nSPS) is 12.2. The third-order valence-electron chi connectivity index (χ3n) is 3.14. The van der Waals surface area contributed by atoms with Gasteiger partial charge in [-0.05, 0) is 64.9 Å². The van der Waals surface area contributed by atoms with Crippen LogP contribution in [-0.2, 0) is 6.54 Å². The molecule has 1 atom stereocenters. The highest BCUT2D eigenvalue weighted by atomic mass is 127. The second-order valence-electron chi connectivity index (χ2n) is 4.50. The first-order chi connectivity index (χ1) is 9.19. The molecule has 2 aromatic rings. The van der Waals surface area contributed by atoms with Crippen molar-refractivity contribution in [3.05, 3.63) is 63.2 Å². The molecule has 0 spiro atoms. The Labute approximate surface area is 128 Å². The summed E-state index contributed by atoms with van der Waals surface area (Å²) in [5, 5.41) is 3.53. The molecule has 2 rings (SSSR count). The van der Waals surface area contributed by atoms with Gasteiger partial charge >= 0.3 is 0 Å². The quantitative estimate of drug-likeness (QED) is 0.802. The summed E-state index contributed by atoms with van der Waals surface area (Å²) in [4.78, 5) is 0. The summed E-state index contributed by atoms with van der Waals surface area (Å²) < 4.78 is 6.44. The maximum absolute atomic E-state index is 5.17. The minimum atomic E-state index is 0.324. The van der Waals surface area contributed by atoms with Crippen LogP contribution in [0.2, 0.25) is 0 Å². The molecule has 0 saturated heterocycles. The molecule has 2 aromatic carbocycles. The Morgan fingerprint density at radius 2 is 1.68 bits per heavy atom. The zero-order valence-electron chi connectivity index (χ0n) is 11.2. The predicted molar refractivity (Wildman–Crippen MR) is 87.4 cm³/mol. The Morgan fingerprint density at radius 3 is 2.26 bits per heavy atom.